The first-order chi connectivity index (χ1) is 6.86. The second-order valence-electron chi connectivity index (χ2n) is 2.91. The summed E-state index contributed by atoms with van der Waals surface area (Å²) >= 11 is 3.45. The van der Waals surface area contributed by atoms with Crippen LogP contribution in [-0.4, -0.2) is 6.54 Å². The zero-order valence-electron chi connectivity index (χ0n) is 7.69. The minimum absolute atomic E-state index is 0.820. The van der Waals surface area contributed by atoms with Gasteiger partial charge in [0.15, 0.2) is 0 Å². The number of anilines is 1. The standard InChI is InChI=1S/C11H11NS2/c1-9(10-4-2-6-13-10)8-12-11-5-3-7-14-11/h2-7,12H,1,8H2. The molecule has 0 saturated heterocycles. The van der Waals surface area contributed by atoms with E-state index >= 15 is 0 Å². The second kappa shape index (κ2) is 4.44. The first-order valence-corrected chi connectivity index (χ1v) is 6.11. The van der Waals surface area contributed by atoms with Gasteiger partial charge < -0.3 is 5.32 Å². The molecule has 14 heavy (non-hydrogen) atoms. The molecule has 0 aliphatic rings. The molecule has 0 spiro atoms. The molecule has 0 aliphatic carbocycles. The summed E-state index contributed by atoms with van der Waals surface area (Å²) in [5.41, 5.74) is 1.15. The Morgan fingerprint density at radius 2 is 2.00 bits per heavy atom. The zero-order valence-corrected chi connectivity index (χ0v) is 9.33. The maximum Gasteiger partial charge on any atom is 0.0885 e. The van der Waals surface area contributed by atoms with Crippen LogP contribution < -0.4 is 5.32 Å². The van der Waals surface area contributed by atoms with Crippen molar-refractivity contribution in [1.29, 1.82) is 0 Å². The molecule has 1 N–H and O–H groups in total. The number of rotatable bonds is 4. The first kappa shape index (κ1) is 9.49. The lowest BCUT2D eigenvalue weighted by Gasteiger charge is -2.04. The quantitative estimate of drug-likeness (QED) is 0.824. The number of hydrogen-bond acceptors (Lipinski definition) is 3. The van der Waals surface area contributed by atoms with Gasteiger partial charge in [-0.15, -0.1) is 22.7 Å². The van der Waals surface area contributed by atoms with Gasteiger partial charge in [-0.3, -0.25) is 0 Å². The van der Waals surface area contributed by atoms with E-state index in [1.807, 2.05) is 6.07 Å². The molecular weight excluding hydrogens is 210 g/mol. The van der Waals surface area contributed by atoms with Crippen LogP contribution in [-0.2, 0) is 0 Å². The molecule has 0 bridgehead atoms. The minimum atomic E-state index is 0.820. The van der Waals surface area contributed by atoms with E-state index < -0.39 is 0 Å². The van der Waals surface area contributed by atoms with Crippen molar-refractivity contribution in [2.24, 2.45) is 0 Å². The third-order valence-electron chi connectivity index (χ3n) is 1.87. The fourth-order valence-corrected chi connectivity index (χ4v) is 2.46. The number of hydrogen-bond donors (Lipinski definition) is 1. The summed E-state index contributed by atoms with van der Waals surface area (Å²) < 4.78 is 0. The van der Waals surface area contributed by atoms with Gasteiger partial charge in [-0.25, -0.2) is 0 Å². The molecule has 0 atom stereocenters. The van der Waals surface area contributed by atoms with Crippen molar-refractivity contribution in [3.05, 3.63) is 46.5 Å². The Morgan fingerprint density at radius 3 is 2.64 bits per heavy atom. The molecule has 2 rings (SSSR count). The average Bonchev–Trinajstić information content (AvgIpc) is 2.87. The van der Waals surface area contributed by atoms with Gasteiger partial charge >= 0.3 is 0 Å². The van der Waals surface area contributed by atoms with Crippen molar-refractivity contribution >= 4 is 33.2 Å². The fourth-order valence-electron chi connectivity index (χ4n) is 1.14. The van der Waals surface area contributed by atoms with Crippen LogP contribution in [0.1, 0.15) is 4.88 Å². The highest BCUT2D eigenvalue weighted by Gasteiger charge is 1.99. The Morgan fingerprint density at radius 1 is 1.21 bits per heavy atom. The zero-order chi connectivity index (χ0) is 9.80. The van der Waals surface area contributed by atoms with Gasteiger partial charge in [0.2, 0.25) is 0 Å². The predicted octanol–water partition coefficient (Wildman–Crippen LogP) is 3.93. The maximum absolute atomic E-state index is 4.05. The van der Waals surface area contributed by atoms with Crippen LogP contribution in [0.25, 0.3) is 5.57 Å². The van der Waals surface area contributed by atoms with Gasteiger partial charge in [0, 0.05) is 11.4 Å². The van der Waals surface area contributed by atoms with Crippen LogP contribution >= 0.6 is 22.7 Å². The van der Waals surface area contributed by atoms with Crippen LogP contribution in [0.4, 0.5) is 5.00 Å². The van der Waals surface area contributed by atoms with Crippen molar-refractivity contribution < 1.29 is 0 Å². The fraction of sp³-hybridized carbons (Fsp3) is 0.0909. The molecule has 3 heteroatoms. The third-order valence-corrected chi connectivity index (χ3v) is 3.67. The van der Waals surface area contributed by atoms with E-state index in [-0.39, 0.29) is 0 Å². The van der Waals surface area contributed by atoms with Crippen molar-refractivity contribution in [2.75, 3.05) is 11.9 Å². The van der Waals surface area contributed by atoms with Gasteiger partial charge in [0.25, 0.3) is 0 Å². The molecule has 0 amide bonds. The van der Waals surface area contributed by atoms with Crippen molar-refractivity contribution in [3.63, 3.8) is 0 Å². The Kier molecular flexibility index (Phi) is 3.01. The molecule has 2 aromatic heterocycles. The van der Waals surface area contributed by atoms with Crippen molar-refractivity contribution in [3.8, 4) is 0 Å². The average molecular weight is 221 g/mol. The molecule has 0 unspecified atom stereocenters. The minimum Gasteiger partial charge on any atom is -0.373 e. The molecule has 2 aromatic rings. The largest absolute Gasteiger partial charge is 0.373 e. The smallest absolute Gasteiger partial charge is 0.0885 e. The lowest BCUT2D eigenvalue weighted by atomic mass is 10.2. The normalized spacial score (nSPS) is 10.0. The number of thiophene rings is 2. The van der Waals surface area contributed by atoms with Crippen LogP contribution in [0.5, 0.6) is 0 Å². The second-order valence-corrected chi connectivity index (χ2v) is 4.81. The highest BCUT2D eigenvalue weighted by atomic mass is 32.1. The predicted molar refractivity (Wildman–Crippen MR) is 66.2 cm³/mol. The van der Waals surface area contributed by atoms with E-state index in [4.69, 9.17) is 0 Å². The Bertz CT molecular complexity index is 387. The van der Waals surface area contributed by atoms with Gasteiger partial charge in [0.1, 0.15) is 0 Å². The molecule has 0 aliphatic heterocycles. The van der Waals surface area contributed by atoms with Crippen molar-refractivity contribution in [1.82, 2.24) is 0 Å². The third kappa shape index (κ3) is 2.25. The highest BCUT2D eigenvalue weighted by molar-refractivity contribution is 7.14. The summed E-state index contributed by atoms with van der Waals surface area (Å²) in [6.07, 6.45) is 0. The highest BCUT2D eigenvalue weighted by Crippen LogP contribution is 2.20. The molecule has 0 radical (unpaired) electrons. The first-order valence-electron chi connectivity index (χ1n) is 4.35. The van der Waals surface area contributed by atoms with E-state index in [2.05, 4.69) is 40.9 Å². The van der Waals surface area contributed by atoms with Gasteiger partial charge in [-0.2, -0.15) is 0 Å². The summed E-state index contributed by atoms with van der Waals surface area (Å²) in [6, 6.07) is 8.27. The Balaban J connectivity index is 1.90. The van der Waals surface area contributed by atoms with Crippen LogP contribution in [0.3, 0.4) is 0 Å². The summed E-state index contributed by atoms with van der Waals surface area (Å²) in [5, 5.41) is 8.68. The van der Waals surface area contributed by atoms with Crippen LogP contribution in [0.2, 0.25) is 0 Å². The molecule has 0 fully saturated rings. The lowest BCUT2D eigenvalue weighted by Crippen LogP contribution is -2.00. The van der Waals surface area contributed by atoms with E-state index in [1.54, 1.807) is 22.7 Å². The molecule has 1 nitrogen and oxygen atoms in total. The van der Waals surface area contributed by atoms with Gasteiger partial charge in [-0.05, 0) is 34.5 Å². The maximum atomic E-state index is 4.05. The lowest BCUT2D eigenvalue weighted by molar-refractivity contribution is 1.39. The monoisotopic (exact) mass is 221 g/mol. The van der Waals surface area contributed by atoms with Crippen LogP contribution in [0, 0.1) is 0 Å². The van der Waals surface area contributed by atoms with Crippen LogP contribution in [0.15, 0.2) is 41.6 Å². The van der Waals surface area contributed by atoms with E-state index in [9.17, 15) is 0 Å². The molecular formula is C11H11NS2. The van der Waals surface area contributed by atoms with E-state index in [0.717, 1.165) is 12.1 Å². The molecule has 72 valence electrons. The topological polar surface area (TPSA) is 12.0 Å². The Labute approximate surface area is 91.7 Å². The summed E-state index contributed by atoms with van der Waals surface area (Å²) in [4.78, 5) is 1.26. The summed E-state index contributed by atoms with van der Waals surface area (Å²) in [6.45, 7) is 4.87. The van der Waals surface area contributed by atoms with Crippen molar-refractivity contribution in [2.45, 2.75) is 0 Å². The van der Waals surface area contributed by atoms with Gasteiger partial charge in [-0.1, -0.05) is 12.6 Å². The molecule has 2 heterocycles. The summed E-state index contributed by atoms with van der Waals surface area (Å²) in [5.74, 6) is 0. The van der Waals surface area contributed by atoms with Gasteiger partial charge in [0.05, 0.1) is 5.00 Å². The van der Waals surface area contributed by atoms with E-state index in [0.29, 0.717) is 0 Å². The summed E-state index contributed by atoms with van der Waals surface area (Å²) in [7, 11) is 0. The number of nitrogens with one attached hydrogen (secondary N) is 1. The Hall–Kier alpha value is -1.06. The molecule has 0 aromatic carbocycles. The van der Waals surface area contributed by atoms with E-state index in [1.165, 1.54) is 9.88 Å². The SMILES string of the molecule is C=C(CNc1cccs1)c1cccs1. The molecule has 0 saturated carbocycles.